The molecule has 0 saturated carbocycles. The molecule has 0 radical (unpaired) electrons. The molecule has 0 aromatic heterocycles. The zero-order valence-electron chi connectivity index (χ0n) is 20.1. The second-order valence-corrected chi connectivity index (χ2v) is 7.95. The van der Waals surface area contributed by atoms with Crippen molar-refractivity contribution in [1.82, 2.24) is 0 Å². The Bertz CT molecular complexity index is 1220. The van der Waals surface area contributed by atoms with Crippen LogP contribution < -0.4 is 15.0 Å². The molecule has 0 heterocycles. The van der Waals surface area contributed by atoms with Gasteiger partial charge >= 0.3 is 11.9 Å². The molecule has 0 aliphatic heterocycles. The van der Waals surface area contributed by atoms with E-state index in [4.69, 9.17) is 9.47 Å². The van der Waals surface area contributed by atoms with Crippen LogP contribution in [0.5, 0.6) is 17.2 Å². The van der Waals surface area contributed by atoms with Gasteiger partial charge in [-0.05, 0) is 74.4 Å². The van der Waals surface area contributed by atoms with Gasteiger partial charge in [0.15, 0.2) is 0 Å². The largest absolute Gasteiger partial charge is 0.508 e. The first kappa shape index (κ1) is 25.3. The van der Waals surface area contributed by atoms with Gasteiger partial charge in [0.25, 0.3) is 0 Å². The van der Waals surface area contributed by atoms with Crippen LogP contribution in [0.25, 0.3) is 0 Å². The van der Waals surface area contributed by atoms with Crippen LogP contribution >= 0.6 is 0 Å². The first-order chi connectivity index (χ1) is 16.7. The van der Waals surface area contributed by atoms with Crippen molar-refractivity contribution in [3.05, 3.63) is 77.4 Å². The van der Waals surface area contributed by atoms with Gasteiger partial charge in [-0.3, -0.25) is 9.59 Å². The molecule has 3 aromatic carbocycles. The number of benzene rings is 3. The van der Waals surface area contributed by atoms with Crippen molar-refractivity contribution in [2.75, 3.05) is 16.8 Å². The van der Waals surface area contributed by atoms with E-state index in [2.05, 4.69) is 5.32 Å². The van der Waals surface area contributed by atoms with Gasteiger partial charge in [0, 0.05) is 23.9 Å². The van der Waals surface area contributed by atoms with Crippen LogP contribution in [0.15, 0.2) is 60.7 Å². The van der Waals surface area contributed by atoms with Gasteiger partial charge in [-0.2, -0.15) is 0 Å². The number of anilines is 2. The van der Waals surface area contributed by atoms with Gasteiger partial charge in [0.05, 0.1) is 13.2 Å². The zero-order valence-corrected chi connectivity index (χ0v) is 20.1. The standard InChI is InChI=1S/C27H28N2O6/c1-5-34-27(33)26(32)28-21-13-17(2)25(18(3)14-21)35-23-11-12-24(31)20(15-23)16-29(19(4)30)22-9-7-6-8-10-22/h6-15,31H,5,16H2,1-4H3,(H,28,32). The molecular formula is C27H28N2O6. The molecule has 3 rings (SSSR count). The normalized spacial score (nSPS) is 10.4. The summed E-state index contributed by atoms with van der Waals surface area (Å²) in [4.78, 5) is 37.4. The summed E-state index contributed by atoms with van der Waals surface area (Å²) in [6.07, 6.45) is 0. The lowest BCUT2D eigenvalue weighted by atomic mass is 10.1. The molecule has 182 valence electrons. The molecule has 2 N–H and O–H groups in total. The quantitative estimate of drug-likeness (QED) is 0.373. The van der Waals surface area contributed by atoms with Crippen molar-refractivity contribution >= 4 is 29.2 Å². The van der Waals surface area contributed by atoms with Gasteiger partial charge in [-0.15, -0.1) is 0 Å². The van der Waals surface area contributed by atoms with Crippen LogP contribution in [-0.2, 0) is 25.7 Å². The summed E-state index contributed by atoms with van der Waals surface area (Å²) in [5, 5.41) is 12.9. The summed E-state index contributed by atoms with van der Waals surface area (Å²) in [5.74, 6) is -0.865. The molecule has 2 amide bonds. The second kappa shape index (κ2) is 11.2. The molecule has 0 aliphatic rings. The maximum Gasteiger partial charge on any atom is 0.397 e. The lowest BCUT2D eigenvalue weighted by Gasteiger charge is -2.22. The van der Waals surface area contributed by atoms with Gasteiger partial charge in [-0.1, -0.05) is 18.2 Å². The van der Waals surface area contributed by atoms with E-state index in [1.54, 1.807) is 36.1 Å². The maximum absolute atomic E-state index is 12.3. The number of rotatable bonds is 7. The molecule has 0 fully saturated rings. The lowest BCUT2D eigenvalue weighted by Crippen LogP contribution is -2.27. The number of phenolic OH excluding ortho intramolecular Hbond substituents is 1. The van der Waals surface area contributed by atoms with Crippen molar-refractivity contribution in [3.8, 4) is 17.2 Å². The number of hydrogen-bond donors (Lipinski definition) is 2. The minimum absolute atomic E-state index is 0.0463. The smallest absolute Gasteiger partial charge is 0.397 e. The molecule has 3 aromatic rings. The summed E-state index contributed by atoms with van der Waals surface area (Å²) < 4.78 is 10.8. The number of hydrogen-bond acceptors (Lipinski definition) is 6. The van der Waals surface area contributed by atoms with E-state index in [9.17, 15) is 19.5 Å². The highest BCUT2D eigenvalue weighted by molar-refractivity contribution is 6.37. The number of para-hydroxylation sites is 1. The van der Waals surface area contributed by atoms with E-state index < -0.39 is 11.9 Å². The Balaban J connectivity index is 1.82. The monoisotopic (exact) mass is 476 g/mol. The van der Waals surface area contributed by atoms with Crippen molar-refractivity contribution in [2.45, 2.75) is 34.2 Å². The zero-order chi connectivity index (χ0) is 25.5. The van der Waals surface area contributed by atoms with Gasteiger partial charge in [0.2, 0.25) is 5.91 Å². The van der Waals surface area contributed by atoms with Gasteiger partial charge in [-0.25, -0.2) is 4.79 Å². The Morgan fingerprint density at radius 1 is 0.971 bits per heavy atom. The highest BCUT2D eigenvalue weighted by Crippen LogP contribution is 2.34. The summed E-state index contributed by atoms with van der Waals surface area (Å²) >= 11 is 0. The number of amides is 2. The Morgan fingerprint density at radius 3 is 2.23 bits per heavy atom. The number of ether oxygens (including phenoxy) is 2. The molecule has 0 bridgehead atoms. The summed E-state index contributed by atoms with van der Waals surface area (Å²) in [5.41, 5.74) is 3.15. The molecule has 0 spiro atoms. The summed E-state index contributed by atoms with van der Waals surface area (Å²) in [6.45, 7) is 7.01. The number of phenols is 1. The fourth-order valence-electron chi connectivity index (χ4n) is 3.59. The van der Waals surface area contributed by atoms with Crippen molar-refractivity contribution in [3.63, 3.8) is 0 Å². The number of esters is 1. The Kier molecular flexibility index (Phi) is 8.09. The molecule has 0 saturated heterocycles. The average molecular weight is 477 g/mol. The SMILES string of the molecule is CCOC(=O)C(=O)Nc1cc(C)c(Oc2ccc(O)c(CN(C(C)=O)c3ccccc3)c2)c(C)c1. The molecule has 35 heavy (non-hydrogen) atoms. The maximum atomic E-state index is 12.3. The molecule has 0 unspecified atom stereocenters. The van der Waals surface area contributed by atoms with Crippen molar-refractivity contribution in [2.24, 2.45) is 0 Å². The van der Waals surface area contributed by atoms with E-state index in [0.29, 0.717) is 22.7 Å². The molecule has 0 atom stereocenters. The van der Waals surface area contributed by atoms with E-state index in [1.165, 1.54) is 13.0 Å². The fourth-order valence-corrected chi connectivity index (χ4v) is 3.59. The highest BCUT2D eigenvalue weighted by atomic mass is 16.5. The first-order valence-corrected chi connectivity index (χ1v) is 11.1. The third-order valence-corrected chi connectivity index (χ3v) is 5.23. The molecule has 8 heteroatoms. The molecular weight excluding hydrogens is 448 g/mol. The predicted molar refractivity (Wildman–Crippen MR) is 133 cm³/mol. The van der Waals surface area contributed by atoms with E-state index in [-0.39, 0.29) is 24.8 Å². The third-order valence-electron chi connectivity index (χ3n) is 5.23. The second-order valence-electron chi connectivity index (χ2n) is 7.95. The van der Waals surface area contributed by atoms with Gasteiger partial charge < -0.3 is 24.8 Å². The highest BCUT2D eigenvalue weighted by Gasteiger charge is 2.18. The van der Waals surface area contributed by atoms with Crippen LogP contribution in [0.4, 0.5) is 11.4 Å². The first-order valence-electron chi connectivity index (χ1n) is 11.1. The van der Waals surface area contributed by atoms with Crippen LogP contribution in [0.1, 0.15) is 30.5 Å². The summed E-state index contributed by atoms with van der Waals surface area (Å²) in [6, 6.07) is 17.4. The lowest BCUT2D eigenvalue weighted by molar-refractivity contribution is -0.152. The van der Waals surface area contributed by atoms with Crippen LogP contribution in [-0.4, -0.2) is 29.5 Å². The number of carbonyl (C=O) groups is 3. The van der Waals surface area contributed by atoms with E-state index >= 15 is 0 Å². The number of carbonyl (C=O) groups excluding carboxylic acids is 3. The summed E-state index contributed by atoms with van der Waals surface area (Å²) in [7, 11) is 0. The van der Waals surface area contributed by atoms with Crippen LogP contribution in [0.2, 0.25) is 0 Å². The Labute approximate surface area is 204 Å². The molecule has 0 aliphatic carbocycles. The van der Waals surface area contributed by atoms with Gasteiger partial charge in [0.1, 0.15) is 17.2 Å². The van der Waals surface area contributed by atoms with E-state index in [1.807, 2.05) is 44.2 Å². The Hall–Kier alpha value is -4.33. The van der Waals surface area contributed by atoms with Crippen molar-refractivity contribution in [1.29, 1.82) is 0 Å². The number of nitrogens with one attached hydrogen (secondary N) is 1. The van der Waals surface area contributed by atoms with Crippen molar-refractivity contribution < 1.29 is 29.0 Å². The van der Waals surface area contributed by atoms with Crippen LogP contribution in [0.3, 0.4) is 0 Å². The average Bonchev–Trinajstić information content (AvgIpc) is 2.82. The number of nitrogens with zero attached hydrogens (tertiary/aromatic N) is 1. The topological polar surface area (TPSA) is 105 Å². The van der Waals surface area contributed by atoms with E-state index in [0.717, 1.165) is 16.8 Å². The van der Waals surface area contributed by atoms with Crippen LogP contribution in [0, 0.1) is 13.8 Å². The molecule has 8 nitrogen and oxygen atoms in total. The number of aryl methyl sites for hydroxylation is 2. The number of aromatic hydroxyl groups is 1. The minimum atomic E-state index is -0.949. The predicted octanol–water partition coefficient (Wildman–Crippen LogP) is 4.86. The Morgan fingerprint density at radius 2 is 1.63 bits per heavy atom. The third kappa shape index (κ3) is 6.38. The fraction of sp³-hybridized carbons (Fsp3) is 0.222. The minimum Gasteiger partial charge on any atom is -0.508 e.